The summed E-state index contributed by atoms with van der Waals surface area (Å²) in [4.78, 5) is 30.2. The summed E-state index contributed by atoms with van der Waals surface area (Å²) in [6, 6.07) is 0. The molecule has 1 N–H and O–H groups in total. The van der Waals surface area contributed by atoms with Crippen molar-refractivity contribution in [2.45, 2.75) is 54.4 Å². The van der Waals surface area contributed by atoms with Crippen LogP contribution in [-0.2, 0) is 11.2 Å². The molecule has 0 aromatic carbocycles. The van der Waals surface area contributed by atoms with Crippen molar-refractivity contribution in [2.24, 2.45) is 22.7 Å². The Morgan fingerprint density at radius 3 is 2.54 bits per heavy atom. The smallest absolute Gasteiger partial charge is 0.230 e. The summed E-state index contributed by atoms with van der Waals surface area (Å²) in [5.41, 5.74) is 2.01. The quantitative estimate of drug-likeness (QED) is 0.821. The van der Waals surface area contributed by atoms with E-state index < -0.39 is 0 Å². The number of thiazole rings is 1. The molecule has 1 aromatic rings. The topological polar surface area (TPSA) is 59.1 Å². The monoisotopic (exact) mass is 346 g/mol. The van der Waals surface area contributed by atoms with Crippen LogP contribution in [0.1, 0.15) is 63.3 Å². The third kappa shape index (κ3) is 3.06. The highest BCUT2D eigenvalue weighted by Gasteiger charge is 2.60. The summed E-state index contributed by atoms with van der Waals surface area (Å²) in [5.74, 6) is 0.409. The van der Waals surface area contributed by atoms with Crippen molar-refractivity contribution in [2.75, 3.05) is 5.32 Å². The van der Waals surface area contributed by atoms with Crippen LogP contribution in [0.4, 0.5) is 5.13 Å². The lowest BCUT2D eigenvalue weighted by molar-refractivity contribution is -0.118. The Morgan fingerprint density at radius 1 is 1.25 bits per heavy atom. The number of Topliss-reactive ketones (excluding diaryl/α,β-unsaturated/α-hetero) is 1. The van der Waals surface area contributed by atoms with Gasteiger partial charge in [0.2, 0.25) is 5.91 Å². The van der Waals surface area contributed by atoms with Crippen molar-refractivity contribution >= 4 is 28.2 Å². The molecule has 1 aromatic heterocycles. The molecule has 130 valence electrons. The van der Waals surface area contributed by atoms with Gasteiger partial charge in [0.15, 0.2) is 10.9 Å². The molecular formula is C19H26N2O2S. The number of nitrogens with zero attached hydrogens (tertiary/aromatic N) is 1. The molecule has 0 saturated heterocycles. The average molecular weight is 346 g/mol. The van der Waals surface area contributed by atoms with Crippen molar-refractivity contribution in [3.8, 4) is 0 Å². The van der Waals surface area contributed by atoms with Crippen LogP contribution in [0.2, 0.25) is 0 Å². The number of aromatic nitrogens is 1. The van der Waals surface area contributed by atoms with E-state index in [1.807, 2.05) is 0 Å². The van der Waals surface area contributed by atoms with Crippen molar-refractivity contribution in [1.82, 2.24) is 4.98 Å². The van der Waals surface area contributed by atoms with E-state index in [2.05, 4.69) is 57.9 Å². The van der Waals surface area contributed by atoms with Gasteiger partial charge in [-0.3, -0.25) is 9.59 Å². The Labute approximate surface area is 147 Å². The van der Waals surface area contributed by atoms with E-state index in [0.29, 0.717) is 11.6 Å². The number of rotatable bonds is 3. The zero-order valence-corrected chi connectivity index (χ0v) is 16.1. The molecule has 0 bridgehead atoms. The van der Waals surface area contributed by atoms with Crippen LogP contribution in [0.25, 0.3) is 0 Å². The summed E-state index contributed by atoms with van der Waals surface area (Å²) in [6.07, 6.45) is 3.52. The summed E-state index contributed by atoms with van der Waals surface area (Å²) in [5, 5.41) is 3.52. The Hall–Kier alpha value is -1.49. The molecule has 1 heterocycles. The van der Waals surface area contributed by atoms with Gasteiger partial charge in [0.1, 0.15) is 0 Å². The molecule has 1 amide bonds. The van der Waals surface area contributed by atoms with Gasteiger partial charge < -0.3 is 5.32 Å². The van der Waals surface area contributed by atoms with Crippen LogP contribution >= 0.6 is 11.3 Å². The molecule has 1 saturated carbocycles. The number of nitrogens with one attached hydrogen (secondary N) is 1. The van der Waals surface area contributed by atoms with Gasteiger partial charge in [0.25, 0.3) is 0 Å². The Morgan fingerprint density at radius 2 is 1.92 bits per heavy atom. The molecular weight excluding hydrogens is 320 g/mol. The van der Waals surface area contributed by atoms with E-state index in [1.165, 1.54) is 16.9 Å². The molecule has 5 heteroatoms. The van der Waals surface area contributed by atoms with Crippen LogP contribution in [0.3, 0.4) is 0 Å². The zero-order valence-electron chi connectivity index (χ0n) is 15.3. The zero-order chi connectivity index (χ0) is 17.9. The second kappa shape index (κ2) is 5.51. The van der Waals surface area contributed by atoms with Crippen LogP contribution in [-0.4, -0.2) is 16.7 Å². The molecule has 3 rings (SSSR count). The molecule has 0 unspecified atom stereocenters. The van der Waals surface area contributed by atoms with Gasteiger partial charge in [0, 0.05) is 6.42 Å². The summed E-state index contributed by atoms with van der Waals surface area (Å²) in [7, 11) is 0. The maximum atomic E-state index is 12.6. The number of fused-ring (bicyclic) bond motifs is 1. The number of carbonyl (C=O) groups excluding carboxylic acids is 2. The van der Waals surface area contributed by atoms with E-state index in [-0.39, 0.29) is 34.4 Å². The van der Waals surface area contributed by atoms with Crippen molar-refractivity contribution in [3.05, 3.63) is 22.2 Å². The summed E-state index contributed by atoms with van der Waals surface area (Å²) < 4.78 is 0. The third-order valence-electron chi connectivity index (χ3n) is 5.17. The molecule has 2 aliphatic carbocycles. The van der Waals surface area contributed by atoms with E-state index in [9.17, 15) is 9.59 Å². The van der Waals surface area contributed by atoms with E-state index in [4.69, 9.17) is 0 Å². The van der Waals surface area contributed by atoms with Crippen molar-refractivity contribution in [3.63, 3.8) is 0 Å². The molecule has 2 aliphatic rings. The first-order valence-electron chi connectivity index (χ1n) is 8.50. The minimum absolute atomic E-state index is 0.0142. The first-order valence-corrected chi connectivity index (χ1v) is 9.32. The Kier molecular flexibility index (Phi) is 3.98. The number of allylic oxidation sites excluding steroid dienone is 2. The van der Waals surface area contributed by atoms with Gasteiger partial charge >= 0.3 is 0 Å². The van der Waals surface area contributed by atoms with Crippen LogP contribution in [0.5, 0.6) is 0 Å². The van der Waals surface area contributed by atoms with Gasteiger partial charge in [-0.2, -0.15) is 0 Å². The molecule has 4 nitrogen and oxygen atoms in total. The fourth-order valence-electron chi connectivity index (χ4n) is 3.81. The van der Waals surface area contributed by atoms with E-state index in [1.54, 1.807) is 0 Å². The number of ketones is 1. The first-order chi connectivity index (χ1) is 11.0. The summed E-state index contributed by atoms with van der Waals surface area (Å²) in [6.45, 7) is 12.5. The van der Waals surface area contributed by atoms with Crippen LogP contribution in [0, 0.1) is 22.7 Å². The number of hydrogen-bond donors (Lipinski definition) is 1. The number of hydrogen-bond acceptors (Lipinski definition) is 4. The first kappa shape index (κ1) is 17.3. The molecule has 2 atom stereocenters. The predicted molar refractivity (Wildman–Crippen MR) is 97.4 cm³/mol. The van der Waals surface area contributed by atoms with Crippen molar-refractivity contribution in [1.29, 1.82) is 0 Å². The largest absolute Gasteiger partial charge is 0.302 e. The van der Waals surface area contributed by atoms with Crippen LogP contribution < -0.4 is 5.32 Å². The van der Waals surface area contributed by atoms with E-state index >= 15 is 0 Å². The van der Waals surface area contributed by atoms with Gasteiger partial charge in [-0.1, -0.05) is 50.7 Å². The normalized spacial score (nSPS) is 26.5. The standard InChI is InChI=1S/C19H26N2O2S/c1-10(2)7-11-14(19(11,5)6)16(23)21-17-20-12-8-18(3,4)9-13(22)15(12)24-17/h7,11,14H,8-9H2,1-6H3,(H,20,21,23)/t11-,14-/m0/s1. The van der Waals surface area contributed by atoms with Gasteiger partial charge in [-0.05, 0) is 37.0 Å². The van der Waals surface area contributed by atoms with Gasteiger partial charge in [-0.15, -0.1) is 0 Å². The highest BCUT2D eigenvalue weighted by atomic mass is 32.1. The average Bonchev–Trinajstić information content (AvgIpc) is 2.75. The molecule has 1 fully saturated rings. The SMILES string of the molecule is CC(C)=C[C@H]1[C@@H](C(=O)Nc2nc3c(s2)C(=O)CC(C)(C)C3)C1(C)C. The van der Waals surface area contributed by atoms with Gasteiger partial charge in [-0.25, -0.2) is 4.98 Å². The minimum Gasteiger partial charge on any atom is -0.302 e. The molecule has 0 radical (unpaired) electrons. The maximum absolute atomic E-state index is 12.6. The second-order valence-corrected chi connectivity index (χ2v) is 9.79. The fraction of sp³-hybridized carbons (Fsp3) is 0.632. The lowest BCUT2D eigenvalue weighted by Crippen LogP contribution is -2.26. The highest BCUT2D eigenvalue weighted by Crippen LogP contribution is 2.59. The number of carbonyl (C=O) groups is 2. The fourth-order valence-corrected chi connectivity index (χ4v) is 4.73. The summed E-state index contributed by atoms with van der Waals surface area (Å²) >= 11 is 1.32. The lowest BCUT2D eigenvalue weighted by atomic mass is 9.78. The maximum Gasteiger partial charge on any atom is 0.230 e. The highest BCUT2D eigenvalue weighted by molar-refractivity contribution is 7.17. The number of anilines is 1. The van der Waals surface area contributed by atoms with Crippen molar-refractivity contribution < 1.29 is 9.59 Å². The van der Waals surface area contributed by atoms with E-state index in [0.717, 1.165) is 17.0 Å². The van der Waals surface area contributed by atoms with Crippen LogP contribution in [0.15, 0.2) is 11.6 Å². The Balaban J connectivity index is 1.76. The third-order valence-corrected chi connectivity index (χ3v) is 6.23. The predicted octanol–water partition coefficient (Wildman–Crippen LogP) is 4.48. The Bertz CT molecular complexity index is 739. The molecule has 0 aliphatic heterocycles. The molecule has 24 heavy (non-hydrogen) atoms. The second-order valence-electron chi connectivity index (χ2n) is 8.79. The van der Waals surface area contributed by atoms with Gasteiger partial charge in [0.05, 0.1) is 16.5 Å². The lowest BCUT2D eigenvalue weighted by Gasteiger charge is -2.26. The minimum atomic E-state index is -0.0491. The number of amides is 1. The molecule has 0 spiro atoms.